The number of carbonyl (C=O) groups excluding carboxylic acids is 3. The zero-order valence-electron chi connectivity index (χ0n) is 19.8. The first-order chi connectivity index (χ1) is 18.2. The van der Waals surface area contributed by atoms with Gasteiger partial charge in [-0.1, -0.05) is 48.2 Å². The summed E-state index contributed by atoms with van der Waals surface area (Å²) in [6, 6.07) is 26.8. The van der Waals surface area contributed by atoms with Crippen LogP contribution in [0.25, 0.3) is 0 Å². The van der Waals surface area contributed by atoms with Crippen LogP contribution in [0.5, 0.6) is 0 Å². The Morgan fingerprint density at radius 1 is 0.816 bits per heavy atom. The Morgan fingerprint density at radius 2 is 1.45 bits per heavy atom. The third-order valence-corrected chi connectivity index (χ3v) is 7.93. The van der Waals surface area contributed by atoms with Crippen molar-refractivity contribution in [3.05, 3.63) is 119 Å². The second-order valence-corrected chi connectivity index (χ2v) is 11.2. The molecule has 1 heterocycles. The second-order valence-electron chi connectivity index (χ2n) is 8.51. The molecule has 0 aliphatic carbocycles. The van der Waals surface area contributed by atoms with E-state index in [0.717, 1.165) is 4.90 Å². The highest BCUT2D eigenvalue weighted by Gasteiger charge is 2.35. The fourth-order valence-electron chi connectivity index (χ4n) is 4.08. The lowest BCUT2D eigenvalue weighted by atomic mass is 10.1. The molecule has 0 aromatic heterocycles. The Labute approximate surface area is 223 Å². The summed E-state index contributed by atoms with van der Waals surface area (Å²) in [5, 5.41) is 8.04. The van der Waals surface area contributed by atoms with Gasteiger partial charge in [-0.2, -0.15) is 0 Å². The van der Waals surface area contributed by atoms with E-state index in [4.69, 9.17) is 5.14 Å². The lowest BCUT2D eigenvalue weighted by Gasteiger charge is -2.15. The molecule has 8 nitrogen and oxygen atoms in total. The number of nitrogens with zero attached hydrogens (tertiary/aromatic N) is 1. The maximum atomic E-state index is 13.2. The molecule has 3 N–H and O–H groups in total. The molecule has 190 valence electrons. The van der Waals surface area contributed by atoms with Gasteiger partial charge in [-0.15, -0.1) is 0 Å². The van der Waals surface area contributed by atoms with Gasteiger partial charge >= 0.3 is 0 Å². The van der Waals surface area contributed by atoms with Gasteiger partial charge in [-0.3, -0.25) is 19.3 Å². The number of benzene rings is 4. The van der Waals surface area contributed by atoms with Crippen LogP contribution in [0.3, 0.4) is 0 Å². The lowest BCUT2D eigenvalue weighted by Crippen LogP contribution is -2.29. The average molecular weight is 544 g/mol. The van der Waals surface area contributed by atoms with Gasteiger partial charge in [0.2, 0.25) is 10.0 Å². The highest BCUT2D eigenvalue weighted by molar-refractivity contribution is 7.99. The number of fused-ring (bicyclic) bond motifs is 1. The van der Waals surface area contributed by atoms with Crippen molar-refractivity contribution in [2.45, 2.75) is 21.2 Å². The Bertz CT molecular complexity index is 1650. The Morgan fingerprint density at radius 3 is 2.11 bits per heavy atom. The van der Waals surface area contributed by atoms with Crippen molar-refractivity contribution in [1.29, 1.82) is 0 Å². The molecule has 1 aliphatic heterocycles. The van der Waals surface area contributed by atoms with Crippen molar-refractivity contribution >= 4 is 45.2 Å². The smallest absolute Gasteiger partial charge is 0.261 e. The van der Waals surface area contributed by atoms with Gasteiger partial charge in [-0.05, 0) is 66.2 Å². The third-order valence-electron chi connectivity index (χ3n) is 5.92. The number of anilines is 1. The molecule has 0 unspecified atom stereocenters. The van der Waals surface area contributed by atoms with E-state index in [0.29, 0.717) is 32.8 Å². The number of imide groups is 1. The van der Waals surface area contributed by atoms with E-state index in [2.05, 4.69) is 5.32 Å². The molecule has 4 aromatic carbocycles. The van der Waals surface area contributed by atoms with Crippen molar-refractivity contribution in [2.75, 3.05) is 5.32 Å². The molecule has 0 radical (unpaired) electrons. The van der Waals surface area contributed by atoms with Crippen LogP contribution in [0, 0.1) is 0 Å². The van der Waals surface area contributed by atoms with Crippen LogP contribution in [0.4, 0.5) is 5.69 Å². The largest absolute Gasteiger partial charge is 0.322 e. The van der Waals surface area contributed by atoms with E-state index in [1.165, 1.54) is 28.8 Å². The monoisotopic (exact) mass is 543 g/mol. The Balaban J connectivity index is 1.31. The summed E-state index contributed by atoms with van der Waals surface area (Å²) in [4.78, 5) is 41.2. The molecular weight excluding hydrogens is 522 g/mol. The van der Waals surface area contributed by atoms with Crippen LogP contribution in [-0.4, -0.2) is 31.0 Å². The highest BCUT2D eigenvalue weighted by Crippen LogP contribution is 2.32. The zero-order valence-corrected chi connectivity index (χ0v) is 21.5. The molecule has 0 spiro atoms. The molecule has 10 heteroatoms. The van der Waals surface area contributed by atoms with Crippen LogP contribution < -0.4 is 10.5 Å². The zero-order chi connectivity index (χ0) is 26.9. The molecule has 0 atom stereocenters. The minimum Gasteiger partial charge on any atom is -0.322 e. The van der Waals surface area contributed by atoms with E-state index in [9.17, 15) is 22.8 Å². The van der Waals surface area contributed by atoms with Crippen molar-refractivity contribution in [3.8, 4) is 0 Å². The number of nitrogens with two attached hydrogens (primary N) is 1. The summed E-state index contributed by atoms with van der Waals surface area (Å²) < 4.78 is 23.0. The summed E-state index contributed by atoms with van der Waals surface area (Å²) in [7, 11) is -3.79. The summed E-state index contributed by atoms with van der Waals surface area (Å²) in [6.07, 6.45) is 0. The molecule has 3 amide bonds. The minimum atomic E-state index is -3.79. The molecule has 1 aliphatic rings. The van der Waals surface area contributed by atoms with Gasteiger partial charge in [0.15, 0.2) is 0 Å². The highest BCUT2D eigenvalue weighted by atomic mass is 32.2. The molecule has 4 aromatic rings. The number of sulfonamides is 1. The van der Waals surface area contributed by atoms with E-state index in [1.54, 1.807) is 84.9 Å². The van der Waals surface area contributed by atoms with Crippen LogP contribution in [0.1, 0.15) is 36.6 Å². The SMILES string of the molecule is NS(=O)(=O)c1ccc(Sc2ccccc2C(=O)Nc2cccc(CN3C(=O)c4ccccc4C3=O)c2)cc1. The number of rotatable bonds is 7. The molecule has 0 fully saturated rings. The van der Waals surface area contributed by atoms with Crippen molar-refractivity contribution in [2.24, 2.45) is 5.14 Å². The van der Waals surface area contributed by atoms with Crippen LogP contribution >= 0.6 is 11.8 Å². The third kappa shape index (κ3) is 5.23. The molecule has 38 heavy (non-hydrogen) atoms. The molecule has 0 saturated carbocycles. The van der Waals surface area contributed by atoms with Crippen LogP contribution in [0.15, 0.2) is 112 Å². The van der Waals surface area contributed by atoms with Crippen LogP contribution in [-0.2, 0) is 16.6 Å². The van der Waals surface area contributed by atoms with Gasteiger partial charge in [-0.25, -0.2) is 13.6 Å². The van der Waals surface area contributed by atoms with Gasteiger partial charge in [0.1, 0.15) is 0 Å². The van der Waals surface area contributed by atoms with Crippen molar-refractivity contribution in [3.63, 3.8) is 0 Å². The normalized spacial score (nSPS) is 12.9. The Kier molecular flexibility index (Phi) is 6.85. The fraction of sp³-hybridized carbons (Fsp3) is 0.0357. The predicted molar refractivity (Wildman–Crippen MR) is 143 cm³/mol. The first-order valence-electron chi connectivity index (χ1n) is 11.5. The molecule has 0 saturated heterocycles. The molecule has 0 bridgehead atoms. The lowest BCUT2D eigenvalue weighted by molar-refractivity contribution is 0.0642. The van der Waals surface area contributed by atoms with Crippen molar-refractivity contribution < 1.29 is 22.8 Å². The average Bonchev–Trinajstić information content (AvgIpc) is 3.14. The van der Waals surface area contributed by atoms with Gasteiger partial charge < -0.3 is 5.32 Å². The van der Waals surface area contributed by atoms with Crippen LogP contribution in [0.2, 0.25) is 0 Å². The number of nitrogens with one attached hydrogen (secondary N) is 1. The van der Waals surface area contributed by atoms with Gasteiger partial charge in [0.25, 0.3) is 17.7 Å². The first-order valence-corrected chi connectivity index (χ1v) is 13.8. The van der Waals surface area contributed by atoms with E-state index in [1.807, 2.05) is 0 Å². The van der Waals surface area contributed by atoms with Gasteiger partial charge in [0, 0.05) is 15.5 Å². The summed E-state index contributed by atoms with van der Waals surface area (Å²) >= 11 is 1.31. The number of amides is 3. The number of hydrogen-bond donors (Lipinski definition) is 2. The standard InChI is InChI=1S/C28H21N3O5S2/c29-38(35,36)21-14-12-20(13-15-21)37-25-11-4-3-10-24(25)26(32)30-19-7-5-6-18(16-19)17-31-27(33)22-8-1-2-9-23(22)28(31)34/h1-16H,17H2,(H,30,32)(H2,29,35,36). The minimum absolute atomic E-state index is 0.00831. The first kappa shape index (κ1) is 25.4. The second kappa shape index (κ2) is 10.3. The number of hydrogen-bond acceptors (Lipinski definition) is 6. The topological polar surface area (TPSA) is 127 Å². The van der Waals surface area contributed by atoms with Crippen molar-refractivity contribution in [1.82, 2.24) is 4.90 Å². The fourth-order valence-corrected chi connectivity index (χ4v) is 5.54. The summed E-state index contributed by atoms with van der Waals surface area (Å²) in [6.45, 7) is 0.0804. The van der Waals surface area contributed by atoms with E-state index < -0.39 is 10.0 Å². The maximum Gasteiger partial charge on any atom is 0.261 e. The number of primary sulfonamides is 1. The molecular formula is C28H21N3O5S2. The van der Waals surface area contributed by atoms with E-state index >= 15 is 0 Å². The summed E-state index contributed by atoms with van der Waals surface area (Å²) in [5.74, 6) is -1.03. The quantitative estimate of drug-likeness (QED) is 0.330. The Hall–Kier alpha value is -4.25. The maximum absolute atomic E-state index is 13.2. The predicted octanol–water partition coefficient (Wildman–Crippen LogP) is 4.53. The van der Waals surface area contributed by atoms with Gasteiger partial charge in [0.05, 0.1) is 28.1 Å². The van der Waals surface area contributed by atoms with E-state index in [-0.39, 0.29) is 29.2 Å². The number of carbonyl (C=O) groups is 3. The molecule has 5 rings (SSSR count). The summed E-state index contributed by atoms with van der Waals surface area (Å²) in [5.41, 5.74) is 2.40.